The maximum absolute atomic E-state index is 13.6. The standard InChI is InChI=1S/C62H107N5O23/c1-7-8-9-10-11-12-13-14-15-16-17-18-19-20-21-22-46(78)67-51-53(80)52(79)45(31-85-36(6)76)89-62(51)90-61-40(30-71)26-44(50(57(61)84)66-35(5)75)88-60-39(29-70)25-43(49(56(60)83)65-34(4)74)87-59-38(28-69)24-42(48(55(59)82)64-33(3)73)86-58-37(27-68)23-41(77)47(54(58)81)63-32(2)72/h12-13,37-45,47-62,68-71,77,79-84H,7-11,14-31H2,1-6H3,(H,63,72)(H,64,73)(H,65,74)(H,66,75)(H,67,78)/b13-12-/t37?,38?,39?,40?,41-,42-,43-,44-,45?,47?,48?,49?,50?,51?,52-,53-,54-,55-,56-,57-,58-,59-,60-,61-,62+/m1/s1. The first-order valence-electron chi connectivity index (χ1n) is 32.5. The average molecular weight is 1290 g/mol. The summed E-state index contributed by atoms with van der Waals surface area (Å²) in [6.07, 6.45) is -6.38. The molecule has 0 bridgehead atoms. The molecule has 5 fully saturated rings. The van der Waals surface area contributed by atoms with Gasteiger partial charge in [0.1, 0.15) is 55.4 Å². The minimum atomic E-state index is -1.79. The summed E-state index contributed by atoms with van der Waals surface area (Å²) >= 11 is 0. The van der Waals surface area contributed by atoms with Crippen LogP contribution in [-0.4, -0.2) is 253 Å². The number of unbranched alkanes of at least 4 members (excludes halogenated alkanes) is 11. The zero-order valence-electron chi connectivity index (χ0n) is 53.2. The predicted octanol–water partition coefficient (Wildman–Crippen LogP) is -1.96. The highest BCUT2D eigenvalue weighted by Crippen LogP contribution is 2.41. The molecule has 0 aromatic carbocycles. The van der Waals surface area contributed by atoms with Crippen molar-refractivity contribution in [3.05, 3.63) is 12.2 Å². The van der Waals surface area contributed by atoms with Gasteiger partial charge in [-0.25, -0.2) is 0 Å². The number of aliphatic hydroxyl groups is 11. The van der Waals surface area contributed by atoms with Crippen LogP contribution in [0.1, 0.15) is 157 Å². The van der Waals surface area contributed by atoms with Gasteiger partial charge in [0.15, 0.2) is 6.29 Å². The van der Waals surface area contributed by atoms with Gasteiger partial charge in [-0.3, -0.25) is 28.8 Å². The van der Waals surface area contributed by atoms with Crippen molar-refractivity contribution in [2.75, 3.05) is 33.0 Å². The molecule has 1 saturated heterocycles. The van der Waals surface area contributed by atoms with Gasteiger partial charge < -0.3 is 111 Å². The van der Waals surface area contributed by atoms with Gasteiger partial charge in [-0.1, -0.05) is 70.4 Å². The Labute approximate surface area is 527 Å². The molecule has 28 nitrogen and oxygen atoms in total. The Balaban J connectivity index is 1.31. The van der Waals surface area contributed by atoms with Crippen LogP contribution in [0.3, 0.4) is 0 Å². The molecule has 1 heterocycles. The molecule has 1 aliphatic heterocycles. The normalized spacial score (nSPS) is 37.2. The topological polar surface area (TPSA) is 440 Å². The van der Waals surface area contributed by atoms with Gasteiger partial charge in [-0.05, 0) is 57.8 Å². The van der Waals surface area contributed by atoms with Crippen molar-refractivity contribution in [2.24, 2.45) is 23.7 Å². The van der Waals surface area contributed by atoms with Crippen LogP contribution < -0.4 is 26.6 Å². The summed E-state index contributed by atoms with van der Waals surface area (Å²) in [5.74, 6) is -7.78. The van der Waals surface area contributed by atoms with Crippen LogP contribution in [0, 0.1) is 23.7 Å². The van der Waals surface area contributed by atoms with Crippen LogP contribution >= 0.6 is 0 Å². The second-order valence-electron chi connectivity index (χ2n) is 25.4. The van der Waals surface area contributed by atoms with Gasteiger partial charge in [-0.15, -0.1) is 0 Å². The Kier molecular flexibility index (Phi) is 32.6. The van der Waals surface area contributed by atoms with Crippen LogP contribution in [0.4, 0.5) is 0 Å². The summed E-state index contributed by atoms with van der Waals surface area (Å²) in [5.41, 5.74) is 0. The van der Waals surface area contributed by atoms with E-state index < -0.39 is 220 Å². The number of carbonyl (C=O) groups is 6. The first kappa shape index (κ1) is 76.6. The fraction of sp³-hybridized carbons (Fsp3) is 0.871. The van der Waals surface area contributed by atoms with E-state index in [2.05, 4.69) is 45.7 Å². The average Bonchev–Trinajstić information content (AvgIpc) is 0.805. The van der Waals surface area contributed by atoms with Gasteiger partial charge >= 0.3 is 5.97 Å². The first-order chi connectivity index (χ1) is 42.9. The van der Waals surface area contributed by atoms with Crippen molar-refractivity contribution in [3.8, 4) is 0 Å². The molecule has 5 amide bonds. The van der Waals surface area contributed by atoms with E-state index in [9.17, 15) is 84.9 Å². The highest BCUT2D eigenvalue weighted by molar-refractivity contribution is 5.76. The monoisotopic (exact) mass is 1290 g/mol. The van der Waals surface area contributed by atoms with E-state index in [-0.39, 0.29) is 32.1 Å². The number of allylic oxidation sites excluding steroid dienone is 2. The lowest BCUT2D eigenvalue weighted by atomic mass is 9.75. The van der Waals surface area contributed by atoms with E-state index in [1.54, 1.807) is 0 Å². The predicted molar refractivity (Wildman–Crippen MR) is 321 cm³/mol. The molecular formula is C62H107N5O23. The molecule has 10 unspecified atom stereocenters. The number of nitrogens with one attached hydrogen (secondary N) is 5. The third kappa shape index (κ3) is 22.0. The van der Waals surface area contributed by atoms with Gasteiger partial charge in [0, 0.05) is 91.1 Å². The molecular weight excluding hydrogens is 1180 g/mol. The quantitative estimate of drug-likeness (QED) is 0.0189. The van der Waals surface area contributed by atoms with Gasteiger partial charge in [-0.2, -0.15) is 0 Å². The fourth-order valence-electron chi connectivity index (χ4n) is 13.6. The third-order valence-electron chi connectivity index (χ3n) is 18.3. The van der Waals surface area contributed by atoms with Crippen LogP contribution in [0.5, 0.6) is 0 Å². The summed E-state index contributed by atoms with van der Waals surface area (Å²) < 4.78 is 37.2. The second kappa shape index (κ2) is 38.3. The first-order valence-corrected chi connectivity index (χ1v) is 32.5. The number of esters is 1. The van der Waals surface area contributed by atoms with Crippen molar-refractivity contribution in [1.29, 1.82) is 0 Å². The summed E-state index contributed by atoms with van der Waals surface area (Å²) in [5, 5.41) is 138. The molecule has 0 aromatic heterocycles. The van der Waals surface area contributed by atoms with Gasteiger partial charge in [0.05, 0.1) is 73.0 Å². The summed E-state index contributed by atoms with van der Waals surface area (Å²) in [4.78, 5) is 76.1. The van der Waals surface area contributed by atoms with E-state index in [1.807, 2.05) is 0 Å². The maximum atomic E-state index is 13.6. The molecule has 16 N–H and O–H groups in total. The SMILES string of the molecule is CCCCCC/C=C\CCCCCCCCCC(=O)NC1[C@H](O[C@@H]2C(CO)C[C@@H](O[C@@H]3C(CO)C[C@@H](O[C@@H]4C(CO)C[C@@H](O[C@@H]5C(CO)C[C@@H](O)C(NC(C)=O)[C@H]5O)C(NC(C)=O)[C@H]4O)C(NC(C)=O)[C@H]3O)C(NC(C)=O)[C@H]2O)OC(COC(C)=O)[C@@H](O)[C@@H]1O. The van der Waals surface area contributed by atoms with Crippen molar-refractivity contribution < 1.29 is 113 Å². The number of carbonyl (C=O) groups excluding carboxylic acids is 6. The van der Waals surface area contributed by atoms with E-state index >= 15 is 0 Å². The summed E-state index contributed by atoms with van der Waals surface area (Å²) in [6.45, 7) is 4.85. The van der Waals surface area contributed by atoms with Crippen molar-refractivity contribution >= 4 is 35.5 Å². The zero-order valence-corrected chi connectivity index (χ0v) is 53.2. The number of rotatable bonds is 34. The van der Waals surface area contributed by atoms with Crippen LogP contribution in [-0.2, 0) is 57.2 Å². The maximum Gasteiger partial charge on any atom is 0.302 e. The Morgan fingerprint density at radius 3 is 1.20 bits per heavy atom. The third-order valence-corrected chi connectivity index (χ3v) is 18.3. The van der Waals surface area contributed by atoms with Gasteiger partial charge in [0.2, 0.25) is 29.5 Å². The van der Waals surface area contributed by atoms with Crippen molar-refractivity contribution in [2.45, 2.75) is 285 Å². The number of aliphatic hydroxyl groups excluding tert-OH is 11. The minimum Gasteiger partial charge on any atom is -0.463 e. The van der Waals surface area contributed by atoms with Crippen molar-refractivity contribution in [3.63, 3.8) is 0 Å². The Morgan fingerprint density at radius 2 is 0.800 bits per heavy atom. The lowest BCUT2D eigenvalue weighted by Gasteiger charge is -2.52. The van der Waals surface area contributed by atoms with Gasteiger partial charge in [0.25, 0.3) is 0 Å². The number of ether oxygens (including phenoxy) is 6. The highest BCUT2D eigenvalue weighted by Gasteiger charge is 2.56. The molecule has 0 aromatic rings. The molecule has 5 aliphatic rings. The lowest BCUT2D eigenvalue weighted by molar-refractivity contribution is -0.305. The second-order valence-corrected chi connectivity index (χ2v) is 25.4. The summed E-state index contributed by atoms with van der Waals surface area (Å²) in [7, 11) is 0. The molecule has 90 heavy (non-hydrogen) atoms. The molecule has 4 aliphatic carbocycles. The number of hydrogen-bond acceptors (Lipinski definition) is 23. The minimum absolute atomic E-state index is 0.0522. The molecule has 25 atom stereocenters. The van der Waals surface area contributed by atoms with E-state index in [1.165, 1.54) is 39.5 Å². The van der Waals surface area contributed by atoms with Crippen LogP contribution in [0.2, 0.25) is 0 Å². The smallest absolute Gasteiger partial charge is 0.302 e. The van der Waals surface area contributed by atoms with Crippen molar-refractivity contribution in [1.82, 2.24) is 26.6 Å². The molecule has 4 saturated carbocycles. The summed E-state index contributed by atoms with van der Waals surface area (Å²) in [6, 6.07) is -6.79. The highest BCUT2D eigenvalue weighted by atomic mass is 16.7. The van der Waals surface area contributed by atoms with E-state index in [4.69, 9.17) is 28.4 Å². The van der Waals surface area contributed by atoms with Crippen LogP contribution in [0.15, 0.2) is 12.2 Å². The largest absolute Gasteiger partial charge is 0.463 e. The van der Waals surface area contributed by atoms with E-state index in [0.29, 0.717) is 6.42 Å². The number of hydrogen-bond donors (Lipinski definition) is 16. The lowest BCUT2D eigenvalue weighted by Crippen LogP contribution is -2.69. The molecule has 5 rings (SSSR count). The Morgan fingerprint density at radius 1 is 0.433 bits per heavy atom. The van der Waals surface area contributed by atoms with E-state index in [0.717, 1.165) is 72.1 Å². The fourth-order valence-corrected chi connectivity index (χ4v) is 13.6. The molecule has 518 valence electrons. The molecule has 0 spiro atoms. The Hall–Kier alpha value is -4.08. The molecule has 0 radical (unpaired) electrons. The Bertz CT molecular complexity index is 2240. The molecule has 28 heteroatoms. The van der Waals surface area contributed by atoms with Crippen LogP contribution in [0.25, 0.3) is 0 Å². The zero-order chi connectivity index (χ0) is 66.4. The number of amides is 5.